The third-order valence-corrected chi connectivity index (χ3v) is 3.03. The lowest BCUT2D eigenvalue weighted by atomic mass is 10.1. The van der Waals surface area contributed by atoms with Crippen molar-refractivity contribution in [2.24, 2.45) is 0 Å². The van der Waals surface area contributed by atoms with E-state index in [1.165, 1.54) is 11.1 Å². The number of rotatable bonds is 5. The summed E-state index contributed by atoms with van der Waals surface area (Å²) in [6, 6.07) is 11.9. The van der Waals surface area contributed by atoms with Crippen LogP contribution in [0.5, 0.6) is 0 Å². The molecule has 0 spiro atoms. The first-order valence-electron chi connectivity index (χ1n) is 6.66. The van der Waals surface area contributed by atoms with Gasteiger partial charge in [0.25, 0.3) is 0 Å². The van der Waals surface area contributed by atoms with Crippen LogP contribution in [-0.2, 0) is 11.2 Å². The lowest BCUT2D eigenvalue weighted by Gasteiger charge is -2.06. The summed E-state index contributed by atoms with van der Waals surface area (Å²) in [5.74, 6) is 0.785. The van der Waals surface area contributed by atoms with Gasteiger partial charge in [-0.3, -0.25) is 4.79 Å². The monoisotopic (exact) mass is 269 g/mol. The third-order valence-electron chi connectivity index (χ3n) is 3.03. The van der Waals surface area contributed by atoms with Crippen LogP contribution in [0.4, 0.5) is 11.5 Å². The van der Waals surface area contributed by atoms with Crippen molar-refractivity contribution in [3.63, 3.8) is 0 Å². The molecule has 0 saturated carbocycles. The molecule has 1 amide bonds. The highest BCUT2D eigenvalue weighted by Crippen LogP contribution is 2.11. The van der Waals surface area contributed by atoms with Gasteiger partial charge in [-0.1, -0.05) is 29.8 Å². The lowest BCUT2D eigenvalue weighted by molar-refractivity contribution is -0.116. The number of hydrogen-bond donors (Lipinski definition) is 2. The van der Waals surface area contributed by atoms with E-state index in [-0.39, 0.29) is 5.91 Å². The summed E-state index contributed by atoms with van der Waals surface area (Å²) in [4.78, 5) is 16.0. The van der Waals surface area contributed by atoms with Gasteiger partial charge in [0.15, 0.2) is 0 Å². The van der Waals surface area contributed by atoms with Crippen LogP contribution < -0.4 is 10.6 Å². The normalized spacial score (nSPS) is 10.1. The van der Waals surface area contributed by atoms with Crippen molar-refractivity contribution in [1.29, 1.82) is 0 Å². The maximum Gasteiger partial charge on any atom is 0.224 e. The van der Waals surface area contributed by atoms with Gasteiger partial charge < -0.3 is 10.6 Å². The van der Waals surface area contributed by atoms with Crippen LogP contribution in [0, 0.1) is 6.92 Å². The van der Waals surface area contributed by atoms with Gasteiger partial charge in [-0.15, -0.1) is 0 Å². The van der Waals surface area contributed by atoms with Crippen molar-refractivity contribution >= 4 is 17.4 Å². The Bertz CT molecular complexity index is 579. The summed E-state index contributed by atoms with van der Waals surface area (Å²) in [6.45, 7) is 2.05. The summed E-state index contributed by atoms with van der Waals surface area (Å²) < 4.78 is 0. The summed E-state index contributed by atoms with van der Waals surface area (Å²) >= 11 is 0. The molecule has 4 nitrogen and oxygen atoms in total. The predicted octanol–water partition coefficient (Wildman–Crippen LogP) is 3.00. The Morgan fingerprint density at radius 3 is 2.75 bits per heavy atom. The van der Waals surface area contributed by atoms with Crippen molar-refractivity contribution in [1.82, 2.24) is 4.98 Å². The zero-order valence-electron chi connectivity index (χ0n) is 11.8. The van der Waals surface area contributed by atoms with Gasteiger partial charge in [-0.2, -0.15) is 0 Å². The fourth-order valence-corrected chi connectivity index (χ4v) is 1.96. The SMILES string of the molecule is CNc1ccc(NC(=O)CCc2cccc(C)c2)cn1. The molecule has 2 N–H and O–H groups in total. The van der Waals surface area contributed by atoms with Crippen molar-refractivity contribution in [3.8, 4) is 0 Å². The van der Waals surface area contributed by atoms with E-state index in [1.54, 1.807) is 6.20 Å². The van der Waals surface area contributed by atoms with E-state index < -0.39 is 0 Å². The van der Waals surface area contributed by atoms with Crippen molar-refractivity contribution in [2.75, 3.05) is 17.7 Å². The van der Waals surface area contributed by atoms with E-state index in [4.69, 9.17) is 0 Å². The van der Waals surface area contributed by atoms with Gasteiger partial charge in [0.2, 0.25) is 5.91 Å². The zero-order chi connectivity index (χ0) is 14.4. The van der Waals surface area contributed by atoms with Gasteiger partial charge in [-0.25, -0.2) is 4.98 Å². The number of carbonyl (C=O) groups excluding carboxylic acids is 1. The minimum Gasteiger partial charge on any atom is -0.373 e. The summed E-state index contributed by atoms with van der Waals surface area (Å²) in [6.07, 6.45) is 2.86. The molecule has 1 heterocycles. The van der Waals surface area contributed by atoms with Crippen LogP contribution in [0.1, 0.15) is 17.5 Å². The number of aryl methyl sites for hydroxylation is 2. The standard InChI is InChI=1S/C16H19N3O/c1-12-4-3-5-13(10-12)6-9-16(20)19-14-7-8-15(17-2)18-11-14/h3-5,7-8,10-11H,6,9H2,1-2H3,(H,17,18)(H,19,20). The van der Waals surface area contributed by atoms with Gasteiger partial charge >= 0.3 is 0 Å². The van der Waals surface area contributed by atoms with E-state index in [2.05, 4.69) is 34.7 Å². The zero-order valence-corrected chi connectivity index (χ0v) is 11.8. The number of amides is 1. The first kappa shape index (κ1) is 14.1. The second-order valence-electron chi connectivity index (χ2n) is 4.72. The van der Waals surface area contributed by atoms with Gasteiger partial charge in [0.05, 0.1) is 11.9 Å². The molecular formula is C16H19N3O. The van der Waals surface area contributed by atoms with Crippen LogP contribution >= 0.6 is 0 Å². The topological polar surface area (TPSA) is 54.0 Å². The van der Waals surface area contributed by atoms with Crippen LogP contribution in [0.15, 0.2) is 42.6 Å². The Morgan fingerprint density at radius 1 is 1.25 bits per heavy atom. The number of pyridine rings is 1. The highest BCUT2D eigenvalue weighted by Gasteiger charge is 2.04. The third kappa shape index (κ3) is 4.09. The van der Waals surface area contributed by atoms with Gasteiger partial charge in [0, 0.05) is 13.5 Å². The molecule has 0 bridgehead atoms. The number of nitrogens with one attached hydrogen (secondary N) is 2. The smallest absolute Gasteiger partial charge is 0.224 e. The molecule has 1 aromatic heterocycles. The quantitative estimate of drug-likeness (QED) is 0.877. The maximum atomic E-state index is 11.9. The van der Waals surface area contributed by atoms with E-state index in [1.807, 2.05) is 31.3 Å². The molecule has 0 aliphatic heterocycles. The van der Waals surface area contributed by atoms with Crippen LogP contribution in [0.25, 0.3) is 0 Å². The largest absolute Gasteiger partial charge is 0.373 e. The fraction of sp³-hybridized carbons (Fsp3) is 0.250. The summed E-state index contributed by atoms with van der Waals surface area (Å²) in [5.41, 5.74) is 3.12. The molecule has 2 rings (SSSR count). The average molecular weight is 269 g/mol. The lowest BCUT2D eigenvalue weighted by Crippen LogP contribution is -2.12. The number of nitrogens with zero attached hydrogens (tertiary/aromatic N) is 1. The number of aromatic nitrogens is 1. The minimum atomic E-state index is 0.00511. The number of benzene rings is 1. The molecule has 1 aromatic carbocycles. The van der Waals surface area contributed by atoms with E-state index in [0.717, 1.165) is 17.9 Å². The van der Waals surface area contributed by atoms with E-state index in [0.29, 0.717) is 6.42 Å². The molecule has 0 fully saturated rings. The summed E-state index contributed by atoms with van der Waals surface area (Å²) in [7, 11) is 1.81. The Morgan fingerprint density at radius 2 is 2.10 bits per heavy atom. The molecule has 0 radical (unpaired) electrons. The Balaban J connectivity index is 1.85. The first-order valence-corrected chi connectivity index (χ1v) is 6.66. The molecule has 0 unspecified atom stereocenters. The molecule has 20 heavy (non-hydrogen) atoms. The predicted molar refractivity (Wildman–Crippen MR) is 81.9 cm³/mol. The van der Waals surface area contributed by atoms with E-state index in [9.17, 15) is 4.79 Å². The van der Waals surface area contributed by atoms with Crippen molar-refractivity contribution in [3.05, 3.63) is 53.7 Å². The van der Waals surface area contributed by atoms with Crippen molar-refractivity contribution in [2.45, 2.75) is 19.8 Å². The molecule has 0 aliphatic rings. The molecular weight excluding hydrogens is 250 g/mol. The van der Waals surface area contributed by atoms with Crippen LogP contribution in [0.3, 0.4) is 0 Å². The van der Waals surface area contributed by atoms with E-state index >= 15 is 0 Å². The minimum absolute atomic E-state index is 0.00511. The van der Waals surface area contributed by atoms with Crippen LogP contribution in [0.2, 0.25) is 0 Å². The van der Waals surface area contributed by atoms with Crippen LogP contribution in [-0.4, -0.2) is 17.9 Å². The highest BCUT2D eigenvalue weighted by atomic mass is 16.1. The second kappa shape index (κ2) is 6.70. The molecule has 2 aromatic rings. The van der Waals surface area contributed by atoms with Gasteiger partial charge in [0.1, 0.15) is 5.82 Å². The molecule has 0 saturated heterocycles. The maximum absolute atomic E-state index is 11.9. The summed E-state index contributed by atoms with van der Waals surface area (Å²) in [5, 5.41) is 5.78. The highest BCUT2D eigenvalue weighted by molar-refractivity contribution is 5.90. The fourth-order valence-electron chi connectivity index (χ4n) is 1.96. The van der Waals surface area contributed by atoms with Gasteiger partial charge in [-0.05, 0) is 31.0 Å². The average Bonchev–Trinajstić information content (AvgIpc) is 2.46. The Hall–Kier alpha value is -2.36. The number of hydrogen-bond acceptors (Lipinski definition) is 3. The number of carbonyl (C=O) groups is 1. The molecule has 0 aliphatic carbocycles. The first-order chi connectivity index (χ1) is 9.67. The Labute approximate surface area is 119 Å². The number of anilines is 2. The second-order valence-corrected chi connectivity index (χ2v) is 4.72. The molecule has 4 heteroatoms. The molecule has 104 valence electrons. The Kier molecular flexibility index (Phi) is 4.71. The van der Waals surface area contributed by atoms with Crippen molar-refractivity contribution < 1.29 is 4.79 Å². The molecule has 0 atom stereocenters.